The predicted octanol–water partition coefficient (Wildman–Crippen LogP) is -0.420. The van der Waals surface area contributed by atoms with Gasteiger partial charge in [-0.05, 0) is 30.7 Å². The van der Waals surface area contributed by atoms with Crippen LogP contribution in [0, 0.1) is 0 Å². The summed E-state index contributed by atoms with van der Waals surface area (Å²) in [6.07, 6.45) is 4.18. The quantitative estimate of drug-likeness (QED) is 0.733. The number of nitrogens with zero attached hydrogens (tertiary/aromatic N) is 9. The average Bonchev–Trinajstić information content (AvgIpc) is 3.16. The Morgan fingerprint density at radius 2 is 2.04 bits per heavy atom. The first-order chi connectivity index (χ1) is 11.6. The molecular formula is C14H23N9O. The lowest BCUT2D eigenvalue weighted by Crippen LogP contribution is -2.37. The monoisotopic (exact) mass is 333 g/mol. The van der Waals surface area contributed by atoms with E-state index in [1.807, 2.05) is 4.90 Å². The molecule has 24 heavy (non-hydrogen) atoms. The maximum absolute atomic E-state index is 12.3. The Bertz CT molecular complexity index is 651. The zero-order chi connectivity index (χ0) is 16.9. The van der Waals surface area contributed by atoms with Gasteiger partial charge < -0.3 is 9.47 Å². The van der Waals surface area contributed by atoms with Gasteiger partial charge in [0.1, 0.15) is 25.0 Å². The van der Waals surface area contributed by atoms with Crippen molar-refractivity contribution in [3.8, 4) is 0 Å². The smallest absolute Gasteiger partial charge is 0.244 e. The molecule has 0 spiro atoms. The van der Waals surface area contributed by atoms with Gasteiger partial charge in [0.2, 0.25) is 5.91 Å². The minimum atomic E-state index is 0.0505. The zero-order valence-electron chi connectivity index (χ0n) is 14.1. The lowest BCUT2D eigenvalue weighted by Gasteiger charge is -2.22. The normalized spacial score (nSPS) is 16.5. The molecule has 3 rings (SSSR count). The number of tetrazole rings is 1. The van der Waals surface area contributed by atoms with E-state index in [1.165, 1.54) is 11.0 Å². The van der Waals surface area contributed by atoms with E-state index >= 15 is 0 Å². The van der Waals surface area contributed by atoms with Gasteiger partial charge >= 0.3 is 0 Å². The van der Waals surface area contributed by atoms with Crippen molar-refractivity contribution in [2.75, 3.05) is 26.2 Å². The number of hydrogen-bond acceptors (Lipinski definition) is 7. The standard InChI is InChI=1S/C14H23N9O/c1-12(2)23-11-15-17-13(23)8-20-4-3-5-21(7-6-20)14(24)9-22-10-16-18-19-22/h10-12H,3-9H2,1-2H3. The minimum absolute atomic E-state index is 0.0505. The van der Waals surface area contributed by atoms with Crippen molar-refractivity contribution < 1.29 is 4.79 Å². The van der Waals surface area contributed by atoms with Crippen LogP contribution >= 0.6 is 0 Å². The van der Waals surface area contributed by atoms with E-state index in [4.69, 9.17) is 0 Å². The predicted molar refractivity (Wildman–Crippen MR) is 84.7 cm³/mol. The van der Waals surface area contributed by atoms with E-state index in [0.717, 1.165) is 38.4 Å². The molecule has 1 aliphatic rings. The SMILES string of the molecule is CC(C)n1cnnc1CN1CCCN(C(=O)Cn2cnnn2)CC1. The van der Waals surface area contributed by atoms with Crippen LogP contribution in [0.4, 0.5) is 0 Å². The van der Waals surface area contributed by atoms with Crippen LogP contribution in [0.5, 0.6) is 0 Å². The highest BCUT2D eigenvalue weighted by Gasteiger charge is 2.21. The Hall–Kier alpha value is -2.36. The minimum Gasteiger partial charge on any atom is -0.340 e. The van der Waals surface area contributed by atoms with Crippen LogP contribution in [0.2, 0.25) is 0 Å². The Labute approximate surface area is 140 Å². The van der Waals surface area contributed by atoms with E-state index in [1.54, 1.807) is 6.33 Å². The summed E-state index contributed by atoms with van der Waals surface area (Å²) in [4.78, 5) is 16.6. The van der Waals surface area contributed by atoms with Crippen molar-refractivity contribution in [1.82, 2.24) is 44.8 Å². The topological polar surface area (TPSA) is 97.9 Å². The van der Waals surface area contributed by atoms with Crippen LogP contribution < -0.4 is 0 Å². The fraction of sp³-hybridized carbons (Fsp3) is 0.714. The van der Waals surface area contributed by atoms with Gasteiger partial charge in [-0.3, -0.25) is 9.69 Å². The number of carbonyl (C=O) groups excluding carboxylic acids is 1. The summed E-state index contributed by atoms with van der Waals surface area (Å²) >= 11 is 0. The summed E-state index contributed by atoms with van der Waals surface area (Å²) < 4.78 is 3.54. The molecule has 2 aromatic rings. The summed E-state index contributed by atoms with van der Waals surface area (Å²) in [5, 5.41) is 19.1. The van der Waals surface area contributed by atoms with Crippen LogP contribution in [0.15, 0.2) is 12.7 Å². The molecule has 0 N–H and O–H groups in total. The fourth-order valence-corrected chi connectivity index (χ4v) is 2.88. The Kier molecular flexibility index (Phi) is 5.14. The van der Waals surface area contributed by atoms with Crippen molar-refractivity contribution in [3.05, 3.63) is 18.5 Å². The average molecular weight is 333 g/mol. The van der Waals surface area contributed by atoms with Crippen molar-refractivity contribution in [1.29, 1.82) is 0 Å². The van der Waals surface area contributed by atoms with Crippen LogP contribution in [-0.4, -0.2) is 76.9 Å². The number of amides is 1. The van der Waals surface area contributed by atoms with Gasteiger partial charge in [0.05, 0.1) is 6.54 Å². The summed E-state index contributed by atoms with van der Waals surface area (Å²) in [5.41, 5.74) is 0. The molecule has 10 heteroatoms. The molecule has 1 aliphatic heterocycles. The molecule has 2 aromatic heterocycles. The summed E-state index contributed by atoms with van der Waals surface area (Å²) in [7, 11) is 0. The largest absolute Gasteiger partial charge is 0.340 e. The highest BCUT2D eigenvalue weighted by atomic mass is 16.2. The maximum Gasteiger partial charge on any atom is 0.244 e. The Balaban J connectivity index is 1.55. The first-order valence-electron chi connectivity index (χ1n) is 8.23. The number of hydrogen-bond donors (Lipinski definition) is 0. The van der Waals surface area contributed by atoms with Gasteiger partial charge in [-0.1, -0.05) is 0 Å². The molecular weight excluding hydrogens is 310 g/mol. The van der Waals surface area contributed by atoms with Crippen molar-refractivity contribution in [2.24, 2.45) is 0 Å². The molecule has 0 atom stereocenters. The number of carbonyl (C=O) groups is 1. The molecule has 3 heterocycles. The first kappa shape index (κ1) is 16.5. The molecule has 10 nitrogen and oxygen atoms in total. The fourth-order valence-electron chi connectivity index (χ4n) is 2.88. The van der Waals surface area contributed by atoms with E-state index in [2.05, 4.69) is 49.0 Å². The molecule has 0 unspecified atom stereocenters. The second-order valence-corrected chi connectivity index (χ2v) is 6.27. The molecule has 1 amide bonds. The van der Waals surface area contributed by atoms with Gasteiger partial charge in [-0.25, -0.2) is 4.68 Å². The molecule has 130 valence electrons. The second kappa shape index (κ2) is 7.47. The molecule has 0 aromatic carbocycles. The van der Waals surface area contributed by atoms with Crippen LogP contribution in [0.25, 0.3) is 0 Å². The zero-order valence-corrected chi connectivity index (χ0v) is 14.1. The third-order valence-corrected chi connectivity index (χ3v) is 4.20. The van der Waals surface area contributed by atoms with Crippen molar-refractivity contribution in [3.63, 3.8) is 0 Å². The van der Waals surface area contributed by atoms with Crippen LogP contribution in [-0.2, 0) is 17.9 Å². The maximum atomic E-state index is 12.3. The number of aromatic nitrogens is 7. The van der Waals surface area contributed by atoms with Crippen molar-refractivity contribution >= 4 is 5.91 Å². The molecule has 0 saturated carbocycles. The molecule has 1 fully saturated rings. The van der Waals surface area contributed by atoms with Crippen LogP contribution in [0.1, 0.15) is 32.1 Å². The lowest BCUT2D eigenvalue weighted by atomic mass is 10.3. The Morgan fingerprint density at radius 1 is 1.17 bits per heavy atom. The summed E-state index contributed by atoms with van der Waals surface area (Å²) in [5.74, 6) is 1.02. The summed E-state index contributed by atoms with van der Waals surface area (Å²) in [6.45, 7) is 8.42. The van der Waals surface area contributed by atoms with Gasteiger partial charge in [0, 0.05) is 32.2 Å². The molecule has 0 bridgehead atoms. The van der Waals surface area contributed by atoms with Gasteiger partial charge in [-0.15, -0.1) is 15.3 Å². The second-order valence-electron chi connectivity index (χ2n) is 6.27. The van der Waals surface area contributed by atoms with E-state index in [0.29, 0.717) is 12.6 Å². The number of rotatable bonds is 5. The van der Waals surface area contributed by atoms with E-state index in [-0.39, 0.29) is 12.5 Å². The molecule has 0 radical (unpaired) electrons. The van der Waals surface area contributed by atoms with Gasteiger partial charge in [0.25, 0.3) is 0 Å². The van der Waals surface area contributed by atoms with Crippen molar-refractivity contribution in [2.45, 2.75) is 39.4 Å². The third kappa shape index (κ3) is 3.94. The highest BCUT2D eigenvalue weighted by Crippen LogP contribution is 2.11. The van der Waals surface area contributed by atoms with E-state index in [9.17, 15) is 4.79 Å². The molecule has 0 aliphatic carbocycles. The van der Waals surface area contributed by atoms with Crippen LogP contribution in [0.3, 0.4) is 0 Å². The summed E-state index contributed by atoms with van der Waals surface area (Å²) in [6, 6.07) is 0.344. The third-order valence-electron chi connectivity index (χ3n) is 4.20. The molecule has 1 saturated heterocycles. The van der Waals surface area contributed by atoms with Gasteiger partial charge in [-0.2, -0.15) is 0 Å². The first-order valence-corrected chi connectivity index (χ1v) is 8.23. The van der Waals surface area contributed by atoms with E-state index < -0.39 is 0 Å². The lowest BCUT2D eigenvalue weighted by molar-refractivity contribution is -0.131. The Morgan fingerprint density at radius 3 is 2.79 bits per heavy atom. The van der Waals surface area contributed by atoms with Gasteiger partial charge in [0.15, 0.2) is 0 Å². The highest BCUT2D eigenvalue weighted by molar-refractivity contribution is 5.75.